The molecule has 0 spiro atoms. The van der Waals surface area contributed by atoms with Crippen LogP contribution in [0.2, 0.25) is 0 Å². The van der Waals surface area contributed by atoms with E-state index in [0.717, 1.165) is 6.07 Å². The van der Waals surface area contributed by atoms with Crippen LogP contribution in [-0.2, 0) is 12.6 Å². The van der Waals surface area contributed by atoms with Crippen molar-refractivity contribution < 1.29 is 13.2 Å². The maximum Gasteiger partial charge on any atom is 0.416 e. The van der Waals surface area contributed by atoms with E-state index >= 15 is 0 Å². The fraction of sp³-hybridized carbons (Fsp3) is 0.400. The molecule has 86 valence electrons. The van der Waals surface area contributed by atoms with Crippen LogP contribution in [0.25, 0.3) is 0 Å². The zero-order valence-corrected chi connectivity index (χ0v) is 8.87. The molecule has 0 radical (unpaired) electrons. The summed E-state index contributed by atoms with van der Waals surface area (Å²) in [6.07, 6.45) is -3.30. The Labute approximate surface area is 92.9 Å². The van der Waals surface area contributed by atoms with Gasteiger partial charge >= 0.3 is 6.18 Å². The van der Waals surface area contributed by atoms with E-state index in [1.54, 1.807) is 6.07 Å². The molecule has 2 N–H and O–H groups in total. The van der Waals surface area contributed by atoms with Crippen molar-refractivity contribution >= 4 is 12.4 Å². The van der Waals surface area contributed by atoms with E-state index in [9.17, 15) is 13.2 Å². The second-order valence-corrected chi connectivity index (χ2v) is 3.05. The number of rotatable bonds is 3. The molecule has 5 heteroatoms. The summed E-state index contributed by atoms with van der Waals surface area (Å²) in [5, 5.41) is 0. The first kappa shape index (κ1) is 14.3. The highest BCUT2D eigenvalue weighted by atomic mass is 35.5. The van der Waals surface area contributed by atoms with Crippen molar-refractivity contribution in [3.8, 4) is 0 Å². The first-order valence-electron chi connectivity index (χ1n) is 4.41. The van der Waals surface area contributed by atoms with Crippen LogP contribution < -0.4 is 5.73 Å². The van der Waals surface area contributed by atoms with E-state index in [1.165, 1.54) is 12.1 Å². The highest BCUT2D eigenvalue weighted by Crippen LogP contribution is 2.32. The van der Waals surface area contributed by atoms with Gasteiger partial charge in [0.25, 0.3) is 0 Å². The molecule has 0 saturated carbocycles. The van der Waals surface area contributed by atoms with Crippen molar-refractivity contribution in [3.63, 3.8) is 0 Å². The lowest BCUT2D eigenvalue weighted by atomic mass is 10.0. The lowest BCUT2D eigenvalue weighted by Crippen LogP contribution is -2.10. The molecule has 0 aliphatic carbocycles. The number of nitrogens with two attached hydrogens (primary N) is 1. The molecule has 1 aromatic carbocycles. The Bertz CT molecular complexity index is 299. The molecule has 0 aromatic heterocycles. The fourth-order valence-corrected chi connectivity index (χ4v) is 1.31. The van der Waals surface area contributed by atoms with Crippen molar-refractivity contribution in [2.75, 3.05) is 6.54 Å². The number of hydrogen-bond donors (Lipinski definition) is 1. The first-order valence-corrected chi connectivity index (χ1v) is 4.41. The van der Waals surface area contributed by atoms with Gasteiger partial charge in [-0.1, -0.05) is 18.2 Å². The molecule has 0 amide bonds. The van der Waals surface area contributed by atoms with Crippen LogP contribution in [0.3, 0.4) is 0 Å². The van der Waals surface area contributed by atoms with Gasteiger partial charge in [0, 0.05) is 0 Å². The third-order valence-electron chi connectivity index (χ3n) is 1.97. The fourth-order valence-electron chi connectivity index (χ4n) is 1.31. The smallest absolute Gasteiger partial charge is 0.330 e. The summed E-state index contributed by atoms with van der Waals surface area (Å²) in [6, 6.07) is 5.61. The Hall–Kier alpha value is -0.740. The predicted octanol–water partition coefficient (Wildman–Crippen LogP) is 3.02. The highest BCUT2D eigenvalue weighted by molar-refractivity contribution is 5.85. The number of halogens is 4. The quantitative estimate of drug-likeness (QED) is 0.862. The summed E-state index contributed by atoms with van der Waals surface area (Å²) in [5.74, 6) is 0. The molecule has 0 unspecified atom stereocenters. The van der Waals surface area contributed by atoms with Crippen molar-refractivity contribution in [2.24, 2.45) is 5.73 Å². The maximum absolute atomic E-state index is 12.4. The Kier molecular flexibility index (Phi) is 5.68. The monoisotopic (exact) mass is 239 g/mol. The standard InChI is InChI=1S/C10H12F3N.ClH/c11-10(12,13)9-6-2-1-4-8(9)5-3-7-14;/h1-2,4,6H,3,5,7,14H2;1H. The van der Waals surface area contributed by atoms with Crippen LogP contribution in [0.5, 0.6) is 0 Å². The zero-order chi connectivity index (χ0) is 10.6. The maximum atomic E-state index is 12.4. The SMILES string of the molecule is Cl.NCCCc1ccccc1C(F)(F)F. The van der Waals surface area contributed by atoms with Crippen LogP contribution in [0.15, 0.2) is 24.3 Å². The second-order valence-electron chi connectivity index (χ2n) is 3.05. The molecule has 0 aliphatic rings. The van der Waals surface area contributed by atoms with Crippen LogP contribution in [0.4, 0.5) is 13.2 Å². The molecule has 15 heavy (non-hydrogen) atoms. The lowest BCUT2D eigenvalue weighted by Gasteiger charge is -2.11. The van der Waals surface area contributed by atoms with Gasteiger partial charge in [0.2, 0.25) is 0 Å². The molecular formula is C10H13ClF3N. The summed E-state index contributed by atoms with van der Waals surface area (Å²) in [5.41, 5.74) is 5.03. The van der Waals surface area contributed by atoms with Gasteiger partial charge in [-0.3, -0.25) is 0 Å². The van der Waals surface area contributed by atoms with E-state index in [0.29, 0.717) is 24.9 Å². The second kappa shape index (κ2) is 5.98. The molecule has 0 atom stereocenters. The number of benzene rings is 1. The Morgan fingerprint density at radius 3 is 2.27 bits per heavy atom. The van der Waals surface area contributed by atoms with Crippen LogP contribution in [0, 0.1) is 0 Å². The molecule has 1 nitrogen and oxygen atoms in total. The van der Waals surface area contributed by atoms with Gasteiger partial charge in [-0.25, -0.2) is 0 Å². The average Bonchev–Trinajstić information content (AvgIpc) is 2.14. The first-order chi connectivity index (χ1) is 6.55. The molecule has 1 rings (SSSR count). The summed E-state index contributed by atoms with van der Waals surface area (Å²) in [6.45, 7) is 0.409. The van der Waals surface area contributed by atoms with Crippen molar-refractivity contribution in [2.45, 2.75) is 19.0 Å². The van der Waals surface area contributed by atoms with E-state index in [2.05, 4.69) is 0 Å². The number of aryl methyl sites for hydroxylation is 1. The molecule has 0 aliphatic heterocycles. The van der Waals surface area contributed by atoms with Crippen molar-refractivity contribution in [3.05, 3.63) is 35.4 Å². The Morgan fingerprint density at radius 2 is 1.73 bits per heavy atom. The van der Waals surface area contributed by atoms with Gasteiger partial charge in [-0.05, 0) is 31.0 Å². The molecular weight excluding hydrogens is 227 g/mol. The van der Waals surface area contributed by atoms with E-state index in [4.69, 9.17) is 5.73 Å². The predicted molar refractivity (Wildman–Crippen MR) is 56.1 cm³/mol. The number of hydrogen-bond acceptors (Lipinski definition) is 1. The average molecular weight is 240 g/mol. The van der Waals surface area contributed by atoms with Gasteiger partial charge < -0.3 is 5.73 Å². The van der Waals surface area contributed by atoms with Gasteiger partial charge in [0.1, 0.15) is 0 Å². The topological polar surface area (TPSA) is 26.0 Å². The zero-order valence-electron chi connectivity index (χ0n) is 8.05. The minimum atomic E-state index is -4.26. The summed E-state index contributed by atoms with van der Waals surface area (Å²) in [4.78, 5) is 0. The van der Waals surface area contributed by atoms with Gasteiger partial charge in [0.05, 0.1) is 5.56 Å². The summed E-state index contributed by atoms with van der Waals surface area (Å²) >= 11 is 0. The minimum Gasteiger partial charge on any atom is -0.330 e. The molecule has 0 fully saturated rings. The lowest BCUT2D eigenvalue weighted by molar-refractivity contribution is -0.138. The largest absolute Gasteiger partial charge is 0.416 e. The van der Waals surface area contributed by atoms with E-state index in [-0.39, 0.29) is 12.4 Å². The van der Waals surface area contributed by atoms with Crippen molar-refractivity contribution in [1.29, 1.82) is 0 Å². The van der Waals surface area contributed by atoms with Crippen molar-refractivity contribution in [1.82, 2.24) is 0 Å². The van der Waals surface area contributed by atoms with E-state index < -0.39 is 11.7 Å². The summed E-state index contributed by atoms with van der Waals surface area (Å²) < 4.78 is 37.3. The number of alkyl halides is 3. The third kappa shape index (κ3) is 4.10. The normalized spacial score (nSPS) is 10.9. The molecule has 0 bridgehead atoms. The third-order valence-corrected chi connectivity index (χ3v) is 1.97. The molecule has 0 heterocycles. The highest BCUT2D eigenvalue weighted by Gasteiger charge is 2.32. The van der Waals surface area contributed by atoms with E-state index in [1.807, 2.05) is 0 Å². The van der Waals surface area contributed by atoms with Crippen LogP contribution in [-0.4, -0.2) is 6.54 Å². The van der Waals surface area contributed by atoms with Gasteiger partial charge in [-0.15, -0.1) is 12.4 Å². The Morgan fingerprint density at radius 1 is 1.13 bits per heavy atom. The Balaban J connectivity index is 0.00000196. The molecule has 0 saturated heterocycles. The minimum absolute atomic E-state index is 0. The van der Waals surface area contributed by atoms with Crippen LogP contribution in [0.1, 0.15) is 17.5 Å². The van der Waals surface area contributed by atoms with Gasteiger partial charge in [0.15, 0.2) is 0 Å². The summed E-state index contributed by atoms with van der Waals surface area (Å²) in [7, 11) is 0. The van der Waals surface area contributed by atoms with Gasteiger partial charge in [-0.2, -0.15) is 13.2 Å². The molecule has 1 aromatic rings. The van der Waals surface area contributed by atoms with Crippen LogP contribution >= 0.6 is 12.4 Å².